The highest BCUT2D eigenvalue weighted by Gasteiger charge is 2.14. The predicted octanol–water partition coefficient (Wildman–Crippen LogP) is 6.49. The number of halogens is 2. The van der Waals surface area contributed by atoms with Crippen LogP contribution >= 0.6 is 11.3 Å². The molecule has 5 rings (SSSR count). The van der Waals surface area contributed by atoms with Crippen molar-refractivity contribution >= 4 is 33.3 Å². The van der Waals surface area contributed by atoms with Gasteiger partial charge in [-0.1, -0.05) is 24.3 Å². The van der Waals surface area contributed by atoms with E-state index in [0.717, 1.165) is 33.4 Å². The molecule has 3 heterocycles. The molecule has 8 nitrogen and oxygen atoms in total. The fourth-order valence-corrected chi connectivity index (χ4v) is 5.02. The number of carbonyl (C=O) groups is 1. The van der Waals surface area contributed by atoms with Crippen LogP contribution in [0.3, 0.4) is 0 Å². The van der Waals surface area contributed by atoms with Gasteiger partial charge in [0.15, 0.2) is 11.6 Å². The van der Waals surface area contributed by atoms with Crippen LogP contribution in [0.2, 0.25) is 0 Å². The zero-order chi connectivity index (χ0) is 28.6. The predicted molar refractivity (Wildman–Crippen MR) is 155 cm³/mol. The average Bonchev–Trinajstić information content (AvgIpc) is 3.42. The van der Waals surface area contributed by atoms with E-state index in [0.29, 0.717) is 30.0 Å². The summed E-state index contributed by atoms with van der Waals surface area (Å²) in [6.07, 6.45) is 3.43. The minimum atomic E-state index is -0.657. The molecule has 0 unspecified atom stereocenters. The van der Waals surface area contributed by atoms with Gasteiger partial charge in [-0.15, -0.1) is 11.3 Å². The van der Waals surface area contributed by atoms with Crippen LogP contribution in [0.1, 0.15) is 11.1 Å². The maximum Gasteiger partial charge on any atom is 0.319 e. The Morgan fingerprint density at radius 1 is 0.951 bits per heavy atom. The molecule has 5 aromatic rings. The zero-order valence-corrected chi connectivity index (χ0v) is 22.9. The number of amides is 2. The molecule has 0 spiro atoms. The normalized spacial score (nSPS) is 11.0. The van der Waals surface area contributed by atoms with Gasteiger partial charge in [0, 0.05) is 62.5 Å². The standard InChI is InChI=1S/C30H27F2N5O3S/c1-39-13-12-33-16-19-6-8-24(35-17-19)28-15-25-29(41-28)27(10-11-34-25)40-26-9-7-21(14-23(26)32)37-30(38)36-18-20-4-2-3-5-22(20)31/h2-11,14-15,17,33H,12-13,16,18H2,1H3,(H2,36,37,38). The second kappa shape index (κ2) is 13.3. The van der Waals surface area contributed by atoms with Gasteiger partial charge in [0.1, 0.15) is 11.6 Å². The number of hydrogen-bond donors (Lipinski definition) is 3. The molecule has 0 aliphatic carbocycles. The van der Waals surface area contributed by atoms with Crippen LogP contribution in [-0.2, 0) is 17.8 Å². The molecule has 0 saturated carbocycles. The Balaban J connectivity index is 1.24. The number of hydrogen-bond acceptors (Lipinski definition) is 7. The molecule has 3 aromatic heterocycles. The van der Waals surface area contributed by atoms with Gasteiger partial charge in [-0.05, 0) is 35.9 Å². The Labute approximate surface area is 239 Å². The van der Waals surface area contributed by atoms with Crippen LogP contribution in [0.25, 0.3) is 20.8 Å². The lowest BCUT2D eigenvalue weighted by Gasteiger charge is -2.11. The van der Waals surface area contributed by atoms with Crippen LogP contribution in [-0.4, -0.2) is 36.3 Å². The molecule has 210 valence electrons. The summed E-state index contributed by atoms with van der Waals surface area (Å²) >= 11 is 1.45. The lowest BCUT2D eigenvalue weighted by Crippen LogP contribution is -2.28. The smallest absolute Gasteiger partial charge is 0.319 e. The van der Waals surface area contributed by atoms with Crippen LogP contribution in [0.5, 0.6) is 11.5 Å². The maximum absolute atomic E-state index is 14.9. The lowest BCUT2D eigenvalue weighted by atomic mass is 10.2. The summed E-state index contributed by atoms with van der Waals surface area (Å²) in [7, 11) is 1.67. The van der Waals surface area contributed by atoms with Crippen LogP contribution in [0.15, 0.2) is 79.1 Å². The Bertz CT molecular complexity index is 1650. The molecule has 0 bridgehead atoms. The summed E-state index contributed by atoms with van der Waals surface area (Å²) in [6.45, 7) is 2.09. The van der Waals surface area contributed by atoms with Crippen molar-refractivity contribution in [3.63, 3.8) is 0 Å². The number of carbonyl (C=O) groups excluding carboxylic acids is 1. The zero-order valence-electron chi connectivity index (χ0n) is 22.1. The van der Waals surface area contributed by atoms with E-state index in [4.69, 9.17) is 9.47 Å². The SMILES string of the molecule is COCCNCc1ccc(-c2cc3nccc(Oc4ccc(NC(=O)NCc5ccccc5F)cc4F)c3s2)nc1. The molecule has 0 fully saturated rings. The van der Waals surface area contributed by atoms with Crippen molar-refractivity contribution in [2.24, 2.45) is 0 Å². The molecule has 0 aliphatic heterocycles. The number of ether oxygens (including phenoxy) is 2. The number of aromatic nitrogens is 2. The third kappa shape index (κ3) is 7.20. The monoisotopic (exact) mass is 575 g/mol. The van der Waals surface area contributed by atoms with Crippen molar-refractivity contribution in [1.29, 1.82) is 0 Å². The van der Waals surface area contributed by atoms with E-state index in [1.807, 2.05) is 24.4 Å². The number of anilines is 1. The van der Waals surface area contributed by atoms with E-state index in [1.54, 1.807) is 37.6 Å². The number of nitrogens with zero attached hydrogens (tertiary/aromatic N) is 2. The summed E-state index contributed by atoms with van der Waals surface area (Å²) < 4.78 is 40.4. The number of benzene rings is 2. The van der Waals surface area contributed by atoms with Crippen molar-refractivity contribution in [2.75, 3.05) is 25.6 Å². The number of pyridine rings is 2. The number of fused-ring (bicyclic) bond motifs is 1. The van der Waals surface area contributed by atoms with Crippen LogP contribution < -0.4 is 20.7 Å². The molecule has 41 heavy (non-hydrogen) atoms. The molecular weight excluding hydrogens is 548 g/mol. The molecule has 11 heteroatoms. The molecular formula is C30H27F2N5O3S. The quantitative estimate of drug-likeness (QED) is 0.156. The summed E-state index contributed by atoms with van der Waals surface area (Å²) in [5, 5.41) is 8.38. The Hall–Kier alpha value is -4.45. The number of nitrogens with one attached hydrogen (secondary N) is 3. The fourth-order valence-electron chi connectivity index (χ4n) is 3.98. The molecule has 2 aromatic carbocycles. The van der Waals surface area contributed by atoms with Crippen LogP contribution in [0, 0.1) is 11.6 Å². The second-order valence-corrected chi connectivity index (χ2v) is 10.1. The lowest BCUT2D eigenvalue weighted by molar-refractivity contribution is 0.199. The Kier molecular flexibility index (Phi) is 9.09. The first kappa shape index (κ1) is 28.1. The second-order valence-electron chi connectivity index (χ2n) is 9.00. The van der Waals surface area contributed by atoms with E-state index in [1.165, 1.54) is 29.5 Å². The average molecular weight is 576 g/mol. The molecule has 3 N–H and O–H groups in total. The third-order valence-electron chi connectivity index (χ3n) is 6.07. The minimum Gasteiger partial charge on any atom is -0.453 e. The molecule has 2 amide bonds. The summed E-state index contributed by atoms with van der Waals surface area (Å²) in [5.74, 6) is -0.629. The van der Waals surface area contributed by atoms with Crippen LogP contribution in [0.4, 0.5) is 19.3 Å². The van der Waals surface area contributed by atoms with Gasteiger partial charge in [0.05, 0.1) is 27.4 Å². The first-order valence-electron chi connectivity index (χ1n) is 12.8. The van der Waals surface area contributed by atoms with Gasteiger partial charge in [-0.25, -0.2) is 13.6 Å². The number of methoxy groups -OCH3 is 1. The fraction of sp³-hybridized carbons (Fsp3) is 0.167. The van der Waals surface area contributed by atoms with Gasteiger partial charge >= 0.3 is 6.03 Å². The van der Waals surface area contributed by atoms with Gasteiger partial charge in [0.25, 0.3) is 0 Å². The van der Waals surface area contributed by atoms with E-state index in [9.17, 15) is 13.6 Å². The summed E-state index contributed by atoms with van der Waals surface area (Å²) in [6, 6.07) is 17.2. The summed E-state index contributed by atoms with van der Waals surface area (Å²) in [4.78, 5) is 22.1. The first-order valence-corrected chi connectivity index (χ1v) is 13.6. The molecule has 0 radical (unpaired) electrons. The summed E-state index contributed by atoms with van der Waals surface area (Å²) in [5.41, 5.74) is 3.14. The van der Waals surface area contributed by atoms with Crippen molar-refractivity contribution in [3.05, 3.63) is 102 Å². The van der Waals surface area contributed by atoms with Gasteiger partial charge in [-0.2, -0.15) is 0 Å². The highest BCUT2D eigenvalue weighted by atomic mass is 32.1. The Morgan fingerprint density at radius 2 is 1.83 bits per heavy atom. The third-order valence-corrected chi connectivity index (χ3v) is 7.23. The number of thiophene rings is 1. The van der Waals surface area contributed by atoms with Gasteiger partial charge < -0.3 is 25.4 Å². The van der Waals surface area contributed by atoms with E-state index in [2.05, 4.69) is 25.9 Å². The van der Waals surface area contributed by atoms with Gasteiger partial charge in [0.2, 0.25) is 0 Å². The Morgan fingerprint density at radius 3 is 2.61 bits per heavy atom. The largest absolute Gasteiger partial charge is 0.453 e. The number of urea groups is 1. The van der Waals surface area contributed by atoms with Crippen molar-refractivity contribution in [1.82, 2.24) is 20.6 Å². The topological polar surface area (TPSA) is 97.4 Å². The first-order chi connectivity index (χ1) is 20.0. The van der Waals surface area contributed by atoms with E-state index < -0.39 is 17.7 Å². The van der Waals surface area contributed by atoms with E-state index >= 15 is 0 Å². The minimum absolute atomic E-state index is 0.00518. The van der Waals surface area contributed by atoms with Gasteiger partial charge in [-0.3, -0.25) is 9.97 Å². The maximum atomic E-state index is 14.9. The molecule has 0 saturated heterocycles. The van der Waals surface area contributed by atoms with Crippen molar-refractivity contribution in [2.45, 2.75) is 13.1 Å². The molecule has 0 atom stereocenters. The highest BCUT2D eigenvalue weighted by molar-refractivity contribution is 7.22. The van der Waals surface area contributed by atoms with Crippen molar-refractivity contribution in [3.8, 4) is 22.1 Å². The highest BCUT2D eigenvalue weighted by Crippen LogP contribution is 2.39. The van der Waals surface area contributed by atoms with Crippen molar-refractivity contribution < 1.29 is 23.0 Å². The van der Waals surface area contributed by atoms with E-state index in [-0.39, 0.29) is 18.0 Å². The number of rotatable bonds is 11. The molecule has 0 aliphatic rings.